The van der Waals surface area contributed by atoms with Crippen molar-refractivity contribution in [2.24, 2.45) is 0 Å². The van der Waals surface area contributed by atoms with Gasteiger partial charge in [-0.3, -0.25) is 0 Å². The summed E-state index contributed by atoms with van der Waals surface area (Å²) in [5.74, 6) is 0. The summed E-state index contributed by atoms with van der Waals surface area (Å²) in [5, 5.41) is 3.77. The monoisotopic (exact) mass is 380 g/mol. The second-order valence-electron chi connectivity index (χ2n) is 7.34. The van der Waals surface area contributed by atoms with Crippen LogP contribution in [0.4, 0.5) is 0 Å². The van der Waals surface area contributed by atoms with Crippen molar-refractivity contribution in [3.05, 3.63) is 71.1 Å². The van der Waals surface area contributed by atoms with Gasteiger partial charge >= 0.3 is 0 Å². The zero-order valence-electron chi connectivity index (χ0n) is 15.9. The Hall–Kier alpha value is -1.72. The topological polar surface area (TPSA) is 24.5 Å². The number of benzene rings is 2. The van der Waals surface area contributed by atoms with Gasteiger partial charge in [0.25, 0.3) is 0 Å². The van der Waals surface area contributed by atoms with E-state index in [9.17, 15) is 0 Å². The van der Waals surface area contributed by atoms with E-state index in [1.165, 1.54) is 33.4 Å². The third-order valence-electron chi connectivity index (χ3n) is 5.41. The Balaban J connectivity index is 1.54. The van der Waals surface area contributed by atoms with E-state index in [0.717, 1.165) is 26.0 Å². The van der Waals surface area contributed by atoms with Gasteiger partial charge in [0.2, 0.25) is 0 Å². The van der Waals surface area contributed by atoms with E-state index >= 15 is 0 Å². The molecule has 27 heavy (non-hydrogen) atoms. The third-order valence-corrected chi connectivity index (χ3v) is 6.64. The fourth-order valence-electron chi connectivity index (χ4n) is 3.97. The second kappa shape index (κ2) is 8.98. The van der Waals surface area contributed by atoms with Crippen molar-refractivity contribution in [1.29, 1.82) is 0 Å². The molecular weight excluding hydrogens is 352 g/mol. The highest BCUT2D eigenvalue weighted by Crippen LogP contribution is 2.33. The molecule has 3 aromatic rings. The normalized spacial score (nSPS) is 18.9. The largest absolute Gasteiger partial charge is 0.383 e. The molecule has 0 bridgehead atoms. The van der Waals surface area contributed by atoms with E-state index in [1.54, 1.807) is 7.11 Å². The van der Waals surface area contributed by atoms with E-state index in [0.29, 0.717) is 12.1 Å². The highest BCUT2D eigenvalue weighted by molar-refractivity contribution is 7.19. The number of hydrogen-bond donors (Lipinski definition) is 1. The summed E-state index contributed by atoms with van der Waals surface area (Å²) in [5.41, 5.74) is 5.27. The maximum Gasteiger partial charge on any atom is 0.0632 e. The van der Waals surface area contributed by atoms with Crippen LogP contribution in [0.3, 0.4) is 0 Å². The summed E-state index contributed by atoms with van der Waals surface area (Å²) >= 11 is 1.92. The van der Waals surface area contributed by atoms with Crippen molar-refractivity contribution in [1.82, 2.24) is 10.4 Å². The average molecular weight is 381 g/mol. The number of rotatable bonds is 8. The standard InChI is InChI=1S/C23H28N2OS/c1-26-17-20-11-7-15-25(20)24-21(14-13-18-8-3-2-4-9-18)23-16-19-10-5-6-12-22(19)27-23/h2-6,8-10,12,16,20-21,24H,7,11,13-15,17H2,1H3/t20-,21-/m0/s1. The van der Waals surface area contributed by atoms with Crippen molar-refractivity contribution in [3.63, 3.8) is 0 Å². The molecule has 142 valence electrons. The van der Waals surface area contributed by atoms with Crippen LogP contribution in [0.25, 0.3) is 10.1 Å². The predicted molar refractivity (Wildman–Crippen MR) is 114 cm³/mol. The molecule has 4 heteroatoms. The molecule has 0 saturated carbocycles. The van der Waals surface area contributed by atoms with Gasteiger partial charge in [0, 0.05) is 29.3 Å². The molecule has 0 amide bonds. The average Bonchev–Trinajstić information content (AvgIpc) is 3.33. The zero-order chi connectivity index (χ0) is 18.5. The van der Waals surface area contributed by atoms with Crippen LogP contribution in [0.2, 0.25) is 0 Å². The van der Waals surface area contributed by atoms with Gasteiger partial charge in [0.1, 0.15) is 0 Å². The lowest BCUT2D eigenvalue weighted by molar-refractivity contribution is 0.0698. The second-order valence-corrected chi connectivity index (χ2v) is 8.45. The Morgan fingerprint density at radius 1 is 1.15 bits per heavy atom. The number of ether oxygens (including phenoxy) is 1. The number of thiophene rings is 1. The number of fused-ring (bicyclic) bond motifs is 1. The highest BCUT2D eigenvalue weighted by Gasteiger charge is 2.27. The molecule has 1 aliphatic heterocycles. The van der Waals surface area contributed by atoms with Crippen LogP contribution in [-0.4, -0.2) is 31.3 Å². The molecule has 0 radical (unpaired) electrons. The first-order valence-electron chi connectivity index (χ1n) is 9.87. The molecule has 1 aliphatic rings. The van der Waals surface area contributed by atoms with Gasteiger partial charge in [0.15, 0.2) is 0 Å². The summed E-state index contributed by atoms with van der Waals surface area (Å²) < 4.78 is 6.81. The number of nitrogens with zero attached hydrogens (tertiary/aromatic N) is 1. The van der Waals surface area contributed by atoms with Crippen LogP contribution < -0.4 is 5.43 Å². The van der Waals surface area contributed by atoms with Crippen molar-refractivity contribution in [3.8, 4) is 0 Å². The van der Waals surface area contributed by atoms with Crippen LogP contribution in [0.1, 0.15) is 35.7 Å². The maximum absolute atomic E-state index is 5.44. The van der Waals surface area contributed by atoms with Gasteiger partial charge < -0.3 is 4.74 Å². The molecule has 3 nitrogen and oxygen atoms in total. The molecule has 1 aromatic heterocycles. The zero-order valence-corrected chi connectivity index (χ0v) is 16.8. The molecule has 2 aromatic carbocycles. The molecule has 0 spiro atoms. The van der Waals surface area contributed by atoms with Crippen molar-refractivity contribution >= 4 is 21.4 Å². The van der Waals surface area contributed by atoms with E-state index in [4.69, 9.17) is 4.74 Å². The van der Waals surface area contributed by atoms with Gasteiger partial charge in [-0.25, -0.2) is 10.4 Å². The maximum atomic E-state index is 5.44. The van der Waals surface area contributed by atoms with E-state index in [1.807, 2.05) is 11.3 Å². The summed E-state index contributed by atoms with van der Waals surface area (Å²) in [6.45, 7) is 1.89. The number of hydrazine groups is 1. The van der Waals surface area contributed by atoms with Gasteiger partial charge in [-0.2, -0.15) is 0 Å². The minimum absolute atomic E-state index is 0.333. The van der Waals surface area contributed by atoms with Gasteiger partial charge in [0.05, 0.1) is 12.6 Å². The third kappa shape index (κ3) is 4.58. The smallest absolute Gasteiger partial charge is 0.0632 e. The molecule has 1 N–H and O–H groups in total. The first-order valence-corrected chi connectivity index (χ1v) is 10.7. The quantitative estimate of drug-likeness (QED) is 0.582. The van der Waals surface area contributed by atoms with Crippen LogP contribution in [0, 0.1) is 0 Å². The van der Waals surface area contributed by atoms with Crippen LogP contribution in [-0.2, 0) is 11.2 Å². The van der Waals surface area contributed by atoms with Crippen molar-refractivity contribution in [2.45, 2.75) is 37.8 Å². The lowest BCUT2D eigenvalue weighted by Crippen LogP contribution is -2.45. The van der Waals surface area contributed by atoms with E-state index < -0.39 is 0 Å². The molecular formula is C23H28N2OS. The van der Waals surface area contributed by atoms with Gasteiger partial charge in [-0.05, 0) is 48.8 Å². The number of nitrogens with one attached hydrogen (secondary N) is 1. The summed E-state index contributed by atoms with van der Waals surface area (Å²) in [4.78, 5) is 1.43. The SMILES string of the molecule is COC[C@@H]1CCCN1N[C@@H](CCc1ccccc1)c1cc2ccccc2s1. The molecule has 2 heterocycles. The Bertz CT molecular complexity index is 815. The summed E-state index contributed by atoms with van der Waals surface area (Å²) in [7, 11) is 1.80. The Labute approximate surface area is 165 Å². The van der Waals surface area contributed by atoms with Crippen LogP contribution in [0.5, 0.6) is 0 Å². The molecule has 2 atom stereocenters. The summed E-state index contributed by atoms with van der Waals surface area (Å²) in [6.07, 6.45) is 4.61. The summed E-state index contributed by atoms with van der Waals surface area (Å²) in [6, 6.07) is 22.7. The number of methoxy groups -OCH3 is 1. The minimum Gasteiger partial charge on any atom is -0.383 e. The van der Waals surface area contributed by atoms with E-state index in [2.05, 4.69) is 71.1 Å². The van der Waals surface area contributed by atoms with Crippen LogP contribution in [0.15, 0.2) is 60.7 Å². The fraction of sp³-hybridized carbons (Fsp3) is 0.391. The first kappa shape index (κ1) is 18.6. The molecule has 4 rings (SSSR count). The Kier molecular flexibility index (Phi) is 6.20. The molecule has 1 fully saturated rings. The molecule has 0 unspecified atom stereocenters. The van der Waals surface area contributed by atoms with Crippen LogP contribution >= 0.6 is 11.3 Å². The minimum atomic E-state index is 0.333. The first-order chi connectivity index (χ1) is 13.3. The lowest BCUT2D eigenvalue weighted by atomic mass is 10.0. The fourth-order valence-corrected chi connectivity index (χ4v) is 5.12. The van der Waals surface area contributed by atoms with E-state index in [-0.39, 0.29) is 0 Å². The van der Waals surface area contributed by atoms with Crippen molar-refractivity contribution < 1.29 is 4.74 Å². The number of hydrogen-bond acceptors (Lipinski definition) is 4. The molecule has 1 saturated heterocycles. The molecule has 0 aliphatic carbocycles. The predicted octanol–water partition coefficient (Wildman–Crippen LogP) is 5.19. The Morgan fingerprint density at radius 3 is 2.78 bits per heavy atom. The van der Waals surface area contributed by atoms with Gasteiger partial charge in [-0.15, -0.1) is 11.3 Å². The van der Waals surface area contributed by atoms with Gasteiger partial charge in [-0.1, -0.05) is 48.5 Å². The number of aryl methyl sites for hydroxylation is 1. The lowest BCUT2D eigenvalue weighted by Gasteiger charge is -2.30. The Morgan fingerprint density at radius 2 is 1.96 bits per heavy atom. The highest BCUT2D eigenvalue weighted by atomic mass is 32.1. The van der Waals surface area contributed by atoms with Crippen molar-refractivity contribution in [2.75, 3.05) is 20.3 Å².